The van der Waals surface area contributed by atoms with Crippen molar-refractivity contribution in [3.8, 4) is 0 Å². The summed E-state index contributed by atoms with van der Waals surface area (Å²) in [4.78, 5) is 21.0. The van der Waals surface area contributed by atoms with E-state index in [-0.39, 0.29) is 5.91 Å². The molecule has 0 atom stereocenters. The summed E-state index contributed by atoms with van der Waals surface area (Å²) in [5.74, 6) is 5.49. The van der Waals surface area contributed by atoms with Gasteiger partial charge in [-0.2, -0.15) is 0 Å². The van der Waals surface area contributed by atoms with Gasteiger partial charge in [0.2, 0.25) is 0 Å². The first kappa shape index (κ1) is 14.3. The van der Waals surface area contributed by atoms with E-state index in [1.165, 1.54) is 25.7 Å². The standard InChI is InChI=1S/C15H23N5O/c16-18-14-11-17-6-5-13(14)15(21)20-9-7-19(8-10-20)12-3-1-2-4-12/h5-6,11-12,18H,1-4,7-10,16H2. The molecule has 0 spiro atoms. The number of rotatable bonds is 3. The Balaban J connectivity index is 1.62. The molecule has 1 aliphatic carbocycles. The van der Waals surface area contributed by atoms with Crippen LogP contribution in [0.5, 0.6) is 0 Å². The number of carbonyl (C=O) groups excluding carboxylic acids is 1. The number of piperazine rings is 1. The third-order valence-electron chi connectivity index (χ3n) is 4.65. The van der Waals surface area contributed by atoms with Crippen LogP contribution in [0.25, 0.3) is 0 Å². The fourth-order valence-electron chi connectivity index (χ4n) is 3.43. The fraction of sp³-hybridized carbons (Fsp3) is 0.600. The van der Waals surface area contributed by atoms with Gasteiger partial charge in [0.25, 0.3) is 5.91 Å². The number of hydrogen-bond acceptors (Lipinski definition) is 5. The third kappa shape index (κ3) is 3.01. The van der Waals surface area contributed by atoms with Crippen molar-refractivity contribution in [3.63, 3.8) is 0 Å². The summed E-state index contributed by atoms with van der Waals surface area (Å²) in [6.07, 6.45) is 8.56. The number of carbonyl (C=O) groups is 1. The third-order valence-corrected chi connectivity index (χ3v) is 4.65. The molecule has 6 heteroatoms. The van der Waals surface area contributed by atoms with Gasteiger partial charge >= 0.3 is 0 Å². The highest BCUT2D eigenvalue weighted by Crippen LogP contribution is 2.25. The second kappa shape index (κ2) is 6.41. The summed E-state index contributed by atoms with van der Waals surface area (Å²) in [7, 11) is 0. The lowest BCUT2D eigenvalue weighted by atomic mass is 10.1. The van der Waals surface area contributed by atoms with Crippen molar-refractivity contribution >= 4 is 11.6 Å². The van der Waals surface area contributed by atoms with E-state index in [1.54, 1.807) is 18.5 Å². The Morgan fingerprint density at radius 1 is 1.24 bits per heavy atom. The molecule has 1 saturated heterocycles. The molecule has 0 radical (unpaired) electrons. The van der Waals surface area contributed by atoms with Gasteiger partial charge in [-0.25, -0.2) is 0 Å². The van der Waals surface area contributed by atoms with Crippen LogP contribution in [-0.4, -0.2) is 52.9 Å². The minimum Gasteiger partial charge on any atom is -0.336 e. The molecule has 1 aliphatic heterocycles. The molecule has 1 amide bonds. The highest BCUT2D eigenvalue weighted by Gasteiger charge is 2.28. The number of anilines is 1. The van der Waals surface area contributed by atoms with Gasteiger partial charge in [-0.15, -0.1) is 0 Å². The normalized spacial score (nSPS) is 20.7. The molecule has 0 unspecified atom stereocenters. The van der Waals surface area contributed by atoms with E-state index >= 15 is 0 Å². The van der Waals surface area contributed by atoms with E-state index in [1.807, 2.05) is 4.90 Å². The Hall–Kier alpha value is -1.66. The van der Waals surface area contributed by atoms with Gasteiger partial charge in [-0.3, -0.25) is 20.5 Å². The summed E-state index contributed by atoms with van der Waals surface area (Å²) < 4.78 is 0. The lowest BCUT2D eigenvalue weighted by molar-refractivity contribution is 0.0574. The smallest absolute Gasteiger partial charge is 0.256 e. The number of amides is 1. The maximum atomic E-state index is 12.6. The summed E-state index contributed by atoms with van der Waals surface area (Å²) in [6, 6.07) is 2.46. The molecule has 1 saturated carbocycles. The number of nitrogen functional groups attached to an aromatic ring is 1. The first-order chi connectivity index (χ1) is 10.3. The molecule has 21 heavy (non-hydrogen) atoms. The van der Waals surface area contributed by atoms with Crippen molar-refractivity contribution in [2.45, 2.75) is 31.7 Å². The second-order valence-corrected chi connectivity index (χ2v) is 5.83. The molecule has 2 heterocycles. The monoisotopic (exact) mass is 289 g/mol. The van der Waals surface area contributed by atoms with Crippen molar-refractivity contribution in [1.29, 1.82) is 0 Å². The number of pyridine rings is 1. The van der Waals surface area contributed by atoms with Crippen LogP contribution in [-0.2, 0) is 0 Å². The molecular formula is C15H23N5O. The van der Waals surface area contributed by atoms with Crippen LogP contribution in [0.15, 0.2) is 18.5 Å². The van der Waals surface area contributed by atoms with Crippen molar-refractivity contribution in [2.75, 3.05) is 31.6 Å². The Kier molecular flexibility index (Phi) is 4.36. The van der Waals surface area contributed by atoms with E-state index in [4.69, 9.17) is 5.84 Å². The SMILES string of the molecule is NNc1cnccc1C(=O)N1CCN(C2CCCC2)CC1. The number of aromatic nitrogens is 1. The Morgan fingerprint density at radius 2 is 1.95 bits per heavy atom. The molecule has 6 nitrogen and oxygen atoms in total. The predicted octanol–water partition coefficient (Wildman–Crippen LogP) is 1.07. The van der Waals surface area contributed by atoms with Gasteiger partial charge in [0.1, 0.15) is 0 Å². The summed E-state index contributed by atoms with van der Waals surface area (Å²) in [5, 5.41) is 0. The van der Waals surface area contributed by atoms with Gasteiger partial charge in [0.05, 0.1) is 17.4 Å². The highest BCUT2D eigenvalue weighted by molar-refractivity contribution is 5.99. The van der Waals surface area contributed by atoms with Gasteiger partial charge < -0.3 is 10.3 Å². The number of hydrogen-bond donors (Lipinski definition) is 2. The minimum absolute atomic E-state index is 0.0384. The second-order valence-electron chi connectivity index (χ2n) is 5.83. The van der Waals surface area contributed by atoms with Gasteiger partial charge in [0, 0.05) is 38.4 Å². The maximum absolute atomic E-state index is 12.6. The molecule has 2 fully saturated rings. The van der Waals surface area contributed by atoms with Crippen molar-refractivity contribution in [1.82, 2.24) is 14.8 Å². The van der Waals surface area contributed by atoms with E-state index in [0.29, 0.717) is 11.3 Å². The van der Waals surface area contributed by atoms with Crippen LogP contribution in [0.2, 0.25) is 0 Å². The first-order valence-electron chi connectivity index (χ1n) is 7.73. The van der Waals surface area contributed by atoms with Crippen LogP contribution in [0, 0.1) is 0 Å². The topological polar surface area (TPSA) is 74.5 Å². The lowest BCUT2D eigenvalue weighted by Crippen LogP contribution is -2.51. The zero-order chi connectivity index (χ0) is 14.7. The maximum Gasteiger partial charge on any atom is 0.256 e. The molecule has 1 aromatic rings. The highest BCUT2D eigenvalue weighted by atomic mass is 16.2. The molecular weight excluding hydrogens is 266 g/mol. The van der Waals surface area contributed by atoms with Gasteiger partial charge in [-0.1, -0.05) is 12.8 Å². The number of nitrogens with zero attached hydrogens (tertiary/aromatic N) is 3. The quantitative estimate of drug-likeness (QED) is 0.643. The molecule has 3 N–H and O–H groups in total. The Labute approximate surface area is 125 Å². The largest absolute Gasteiger partial charge is 0.336 e. The predicted molar refractivity (Wildman–Crippen MR) is 81.8 cm³/mol. The summed E-state index contributed by atoms with van der Waals surface area (Å²) in [6.45, 7) is 3.54. The van der Waals surface area contributed by atoms with Crippen LogP contribution in [0.3, 0.4) is 0 Å². The van der Waals surface area contributed by atoms with Gasteiger partial charge in [0.15, 0.2) is 0 Å². The van der Waals surface area contributed by atoms with E-state index in [9.17, 15) is 4.79 Å². The summed E-state index contributed by atoms with van der Waals surface area (Å²) >= 11 is 0. The molecule has 2 aliphatic rings. The van der Waals surface area contributed by atoms with Crippen LogP contribution in [0.1, 0.15) is 36.0 Å². The fourth-order valence-corrected chi connectivity index (χ4v) is 3.43. The molecule has 0 bridgehead atoms. The van der Waals surface area contributed by atoms with Crippen LogP contribution < -0.4 is 11.3 Å². The van der Waals surface area contributed by atoms with Crippen molar-refractivity contribution in [3.05, 3.63) is 24.0 Å². The first-order valence-corrected chi connectivity index (χ1v) is 7.73. The summed E-state index contributed by atoms with van der Waals surface area (Å²) in [5.41, 5.74) is 3.73. The zero-order valence-electron chi connectivity index (χ0n) is 12.3. The molecule has 1 aromatic heterocycles. The van der Waals surface area contributed by atoms with Gasteiger partial charge in [-0.05, 0) is 18.9 Å². The average Bonchev–Trinajstić information content (AvgIpc) is 3.09. The lowest BCUT2D eigenvalue weighted by Gasteiger charge is -2.38. The number of nitrogens with one attached hydrogen (secondary N) is 1. The van der Waals surface area contributed by atoms with Crippen LogP contribution in [0.4, 0.5) is 5.69 Å². The van der Waals surface area contributed by atoms with E-state index in [0.717, 1.165) is 32.2 Å². The van der Waals surface area contributed by atoms with E-state index in [2.05, 4.69) is 15.3 Å². The number of hydrazine groups is 1. The molecule has 0 aromatic carbocycles. The Morgan fingerprint density at radius 3 is 2.62 bits per heavy atom. The molecule has 3 rings (SSSR count). The molecule has 114 valence electrons. The number of nitrogens with two attached hydrogens (primary N) is 1. The van der Waals surface area contributed by atoms with Crippen molar-refractivity contribution in [2.24, 2.45) is 5.84 Å². The minimum atomic E-state index is 0.0384. The zero-order valence-corrected chi connectivity index (χ0v) is 12.3. The van der Waals surface area contributed by atoms with E-state index < -0.39 is 0 Å². The Bertz CT molecular complexity index is 493. The van der Waals surface area contributed by atoms with Crippen LogP contribution >= 0.6 is 0 Å². The average molecular weight is 289 g/mol. The van der Waals surface area contributed by atoms with Crippen molar-refractivity contribution < 1.29 is 4.79 Å².